The van der Waals surface area contributed by atoms with Crippen molar-refractivity contribution in [3.8, 4) is 5.75 Å². The Morgan fingerprint density at radius 3 is 2.38 bits per heavy atom. The molecule has 0 spiro atoms. The van der Waals surface area contributed by atoms with E-state index in [2.05, 4.69) is 12.2 Å². The van der Waals surface area contributed by atoms with Crippen LogP contribution in [-0.4, -0.2) is 25.7 Å². The fourth-order valence-electron chi connectivity index (χ4n) is 4.08. The molecule has 3 aromatic carbocycles. The summed E-state index contributed by atoms with van der Waals surface area (Å²) in [5, 5.41) is 5.23. The third-order valence-electron chi connectivity index (χ3n) is 5.70. The number of benzene rings is 3. The van der Waals surface area contributed by atoms with E-state index >= 15 is 0 Å². The van der Waals surface area contributed by atoms with E-state index in [1.165, 1.54) is 0 Å². The van der Waals surface area contributed by atoms with E-state index in [0.29, 0.717) is 32.7 Å². The first-order valence-corrected chi connectivity index (χ1v) is 10.3. The number of carbonyl (C=O) groups excluding carboxylic acids is 1. The Bertz CT molecular complexity index is 978. The van der Waals surface area contributed by atoms with Crippen molar-refractivity contribution in [3.05, 3.63) is 72.3 Å². The maximum absolute atomic E-state index is 13.6. The number of nitrogens with one attached hydrogen (secondary N) is 1. The third-order valence-corrected chi connectivity index (χ3v) is 5.70. The molecule has 0 aromatic heterocycles. The Balaban J connectivity index is 1.69. The van der Waals surface area contributed by atoms with Gasteiger partial charge in [0.1, 0.15) is 5.75 Å². The van der Waals surface area contributed by atoms with Crippen molar-refractivity contribution >= 4 is 22.4 Å². The number of fused-ring (bicyclic) bond motifs is 1. The Morgan fingerprint density at radius 1 is 0.966 bits per heavy atom. The molecule has 4 rings (SSSR count). The summed E-state index contributed by atoms with van der Waals surface area (Å²) >= 11 is 0. The SMILES string of the molecule is CCCOc1ccc(NC(=O)C2(c3ccccc3)CCOCC2)c2ccccc12. The minimum Gasteiger partial charge on any atom is -0.493 e. The van der Waals surface area contributed by atoms with Crippen molar-refractivity contribution in [1.82, 2.24) is 0 Å². The van der Waals surface area contributed by atoms with Crippen LogP contribution in [0.15, 0.2) is 66.7 Å². The van der Waals surface area contributed by atoms with Gasteiger partial charge >= 0.3 is 0 Å². The lowest BCUT2D eigenvalue weighted by Crippen LogP contribution is -2.44. The number of hydrogen-bond donors (Lipinski definition) is 1. The number of amides is 1. The topological polar surface area (TPSA) is 47.6 Å². The van der Waals surface area contributed by atoms with Gasteiger partial charge < -0.3 is 14.8 Å². The van der Waals surface area contributed by atoms with Gasteiger partial charge in [-0.25, -0.2) is 0 Å². The van der Waals surface area contributed by atoms with Crippen LogP contribution in [0.1, 0.15) is 31.7 Å². The minimum absolute atomic E-state index is 0.0272. The van der Waals surface area contributed by atoms with Crippen molar-refractivity contribution in [3.63, 3.8) is 0 Å². The first kappa shape index (κ1) is 19.5. The molecule has 1 heterocycles. The summed E-state index contributed by atoms with van der Waals surface area (Å²) in [4.78, 5) is 13.6. The average Bonchev–Trinajstić information content (AvgIpc) is 2.79. The molecule has 1 fully saturated rings. The zero-order chi connectivity index (χ0) is 20.1. The van der Waals surface area contributed by atoms with Gasteiger partial charge in [0.2, 0.25) is 5.91 Å². The van der Waals surface area contributed by atoms with Crippen LogP contribution >= 0.6 is 0 Å². The summed E-state index contributed by atoms with van der Waals surface area (Å²) in [6.45, 7) is 3.94. The predicted molar refractivity (Wildman–Crippen MR) is 117 cm³/mol. The van der Waals surface area contributed by atoms with Crippen LogP contribution in [0.5, 0.6) is 5.75 Å². The van der Waals surface area contributed by atoms with Crippen molar-refractivity contribution in [2.45, 2.75) is 31.6 Å². The van der Waals surface area contributed by atoms with E-state index in [1.54, 1.807) is 0 Å². The molecule has 3 aromatic rings. The van der Waals surface area contributed by atoms with Crippen molar-refractivity contribution in [2.24, 2.45) is 0 Å². The maximum atomic E-state index is 13.6. The summed E-state index contributed by atoms with van der Waals surface area (Å²) in [6.07, 6.45) is 2.31. The van der Waals surface area contributed by atoms with Gasteiger partial charge in [0.15, 0.2) is 0 Å². The molecule has 1 N–H and O–H groups in total. The van der Waals surface area contributed by atoms with Gasteiger partial charge in [0.05, 0.1) is 12.0 Å². The van der Waals surface area contributed by atoms with E-state index < -0.39 is 5.41 Å². The van der Waals surface area contributed by atoms with E-state index in [0.717, 1.165) is 34.2 Å². The third kappa shape index (κ3) is 3.85. The highest BCUT2D eigenvalue weighted by atomic mass is 16.5. The lowest BCUT2D eigenvalue weighted by Gasteiger charge is -2.36. The second kappa shape index (κ2) is 8.66. The first-order chi connectivity index (χ1) is 14.2. The van der Waals surface area contributed by atoms with Gasteiger partial charge in [-0.3, -0.25) is 4.79 Å². The van der Waals surface area contributed by atoms with Crippen LogP contribution in [0.3, 0.4) is 0 Å². The Labute approximate surface area is 171 Å². The fourth-order valence-corrected chi connectivity index (χ4v) is 4.08. The van der Waals surface area contributed by atoms with Gasteiger partial charge in [0.25, 0.3) is 0 Å². The molecule has 4 nitrogen and oxygen atoms in total. The first-order valence-electron chi connectivity index (χ1n) is 10.3. The standard InChI is InChI=1S/C25H27NO3/c1-2-16-29-23-13-12-22(20-10-6-7-11-21(20)23)26-24(27)25(14-17-28-18-15-25)19-8-4-3-5-9-19/h3-13H,2,14-18H2,1H3,(H,26,27). The molecule has 0 saturated carbocycles. The molecule has 150 valence electrons. The molecular formula is C25H27NO3. The van der Waals surface area contributed by atoms with Crippen LogP contribution in [-0.2, 0) is 14.9 Å². The smallest absolute Gasteiger partial charge is 0.235 e. The van der Waals surface area contributed by atoms with Gasteiger partial charge in [-0.15, -0.1) is 0 Å². The van der Waals surface area contributed by atoms with Crippen molar-refractivity contribution in [1.29, 1.82) is 0 Å². The van der Waals surface area contributed by atoms with Crippen LogP contribution in [0.4, 0.5) is 5.69 Å². The summed E-state index contributed by atoms with van der Waals surface area (Å²) in [6, 6.07) is 22.0. The molecule has 1 aliphatic heterocycles. The fraction of sp³-hybridized carbons (Fsp3) is 0.320. The van der Waals surface area contributed by atoms with Crippen LogP contribution in [0.2, 0.25) is 0 Å². The molecular weight excluding hydrogens is 362 g/mol. The van der Waals surface area contributed by atoms with Crippen LogP contribution < -0.4 is 10.1 Å². The minimum atomic E-state index is -0.571. The number of hydrogen-bond acceptors (Lipinski definition) is 3. The molecule has 1 amide bonds. The van der Waals surface area contributed by atoms with Gasteiger partial charge in [-0.1, -0.05) is 61.5 Å². The summed E-state index contributed by atoms with van der Waals surface area (Å²) in [7, 11) is 0. The Hall–Kier alpha value is -2.85. The van der Waals surface area contributed by atoms with E-state index in [4.69, 9.17) is 9.47 Å². The molecule has 0 atom stereocenters. The number of ether oxygens (including phenoxy) is 2. The summed E-state index contributed by atoms with van der Waals surface area (Å²) in [5.74, 6) is 0.878. The molecule has 1 aliphatic rings. The molecule has 29 heavy (non-hydrogen) atoms. The summed E-state index contributed by atoms with van der Waals surface area (Å²) < 4.78 is 11.5. The molecule has 4 heteroatoms. The molecule has 0 aliphatic carbocycles. The quantitative estimate of drug-likeness (QED) is 0.621. The number of carbonyl (C=O) groups is 1. The lowest BCUT2D eigenvalue weighted by atomic mass is 9.73. The molecule has 0 bridgehead atoms. The zero-order valence-corrected chi connectivity index (χ0v) is 16.8. The lowest BCUT2D eigenvalue weighted by molar-refractivity contribution is -0.125. The monoisotopic (exact) mass is 389 g/mol. The number of rotatable bonds is 6. The number of anilines is 1. The highest BCUT2D eigenvalue weighted by molar-refractivity contribution is 6.07. The summed E-state index contributed by atoms with van der Waals surface area (Å²) in [5.41, 5.74) is 1.29. The highest BCUT2D eigenvalue weighted by Gasteiger charge is 2.41. The van der Waals surface area contributed by atoms with Gasteiger partial charge in [0, 0.05) is 29.7 Å². The Morgan fingerprint density at radius 2 is 1.66 bits per heavy atom. The van der Waals surface area contributed by atoms with Gasteiger partial charge in [-0.05, 0) is 37.0 Å². The van der Waals surface area contributed by atoms with Crippen LogP contribution in [0.25, 0.3) is 10.8 Å². The molecule has 0 unspecified atom stereocenters. The normalized spacial score (nSPS) is 15.8. The van der Waals surface area contributed by atoms with Crippen LogP contribution in [0, 0.1) is 0 Å². The second-order valence-corrected chi connectivity index (χ2v) is 7.52. The van der Waals surface area contributed by atoms with E-state index in [9.17, 15) is 4.79 Å². The van der Waals surface area contributed by atoms with Gasteiger partial charge in [-0.2, -0.15) is 0 Å². The largest absolute Gasteiger partial charge is 0.493 e. The highest BCUT2D eigenvalue weighted by Crippen LogP contribution is 2.38. The van der Waals surface area contributed by atoms with Crippen molar-refractivity contribution in [2.75, 3.05) is 25.1 Å². The maximum Gasteiger partial charge on any atom is 0.235 e. The van der Waals surface area contributed by atoms with Crippen molar-refractivity contribution < 1.29 is 14.3 Å². The molecule has 0 radical (unpaired) electrons. The second-order valence-electron chi connectivity index (χ2n) is 7.52. The zero-order valence-electron chi connectivity index (χ0n) is 16.8. The van der Waals surface area contributed by atoms with E-state index in [-0.39, 0.29) is 5.91 Å². The Kier molecular flexibility index (Phi) is 5.81. The predicted octanol–water partition coefficient (Wildman–Crippen LogP) is 5.32. The molecule has 1 saturated heterocycles. The average molecular weight is 389 g/mol. The van der Waals surface area contributed by atoms with E-state index in [1.807, 2.05) is 66.7 Å².